The van der Waals surface area contributed by atoms with Crippen LogP contribution in [0.15, 0.2) is 71.6 Å². The number of sulfonamides is 1. The molecule has 0 aliphatic rings. The van der Waals surface area contributed by atoms with Crippen LogP contribution in [0.4, 0.5) is 5.69 Å². The lowest BCUT2D eigenvalue weighted by Gasteiger charge is -2.22. The van der Waals surface area contributed by atoms with E-state index in [-0.39, 0.29) is 10.8 Å². The summed E-state index contributed by atoms with van der Waals surface area (Å²) in [6.07, 6.45) is 0. The van der Waals surface area contributed by atoms with E-state index in [1.807, 2.05) is 19.9 Å². The zero-order chi connectivity index (χ0) is 19.3. The molecule has 26 heavy (non-hydrogen) atoms. The Hall–Kier alpha value is -2.60. The first-order chi connectivity index (χ1) is 12.3. The molecule has 0 saturated carbocycles. The number of carbonyl (C=O) groups excluding carboxylic acids is 1. The lowest BCUT2D eigenvalue weighted by atomic mass is 10.2. The molecule has 0 atom stereocenters. The van der Waals surface area contributed by atoms with Gasteiger partial charge in [0.1, 0.15) is 0 Å². The summed E-state index contributed by atoms with van der Waals surface area (Å²) < 4.78 is 26.8. The smallest absolute Gasteiger partial charge is 0.264 e. The predicted molar refractivity (Wildman–Crippen MR) is 105 cm³/mol. The zero-order valence-electron chi connectivity index (χ0n) is 15.3. The van der Waals surface area contributed by atoms with Crippen LogP contribution in [-0.2, 0) is 10.0 Å². The lowest BCUT2D eigenvalue weighted by Crippen LogP contribution is -2.32. The highest BCUT2D eigenvalue weighted by atomic mass is 32.2. The summed E-state index contributed by atoms with van der Waals surface area (Å²) in [5, 5.41) is 0. The Bertz CT molecular complexity index is 875. The third-order valence-corrected chi connectivity index (χ3v) is 5.81. The highest BCUT2D eigenvalue weighted by molar-refractivity contribution is 7.92. The third-order valence-electron chi connectivity index (χ3n) is 4.01. The maximum atomic E-state index is 12.8. The minimum Gasteiger partial charge on any atom is -0.335 e. The summed E-state index contributed by atoms with van der Waals surface area (Å²) in [7, 11) is -2.18. The Kier molecular flexibility index (Phi) is 6.21. The minimum absolute atomic E-state index is 0.142. The molecular formula is C20H24N2O3S. The molecule has 138 valence electrons. The van der Waals surface area contributed by atoms with Crippen LogP contribution < -0.4 is 4.31 Å². The highest BCUT2D eigenvalue weighted by Gasteiger charge is 2.22. The van der Waals surface area contributed by atoms with Crippen molar-refractivity contribution >= 4 is 21.6 Å². The van der Waals surface area contributed by atoms with Gasteiger partial charge < -0.3 is 4.90 Å². The molecule has 1 amide bonds. The first-order valence-electron chi connectivity index (χ1n) is 8.35. The molecule has 0 saturated heterocycles. The molecular weight excluding hydrogens is 348 g/mol. The van der Waals surface area contributed by atoms with Gasteiger partial charge in [0, 0.05) is 25.7 Å². The predicted octanol–water partition coefficient (Wildman–Crippen LogP) is 3.55. The van der Waals surface area contributed by atoms with Gasteiger partial charge in [0.2, 0.25) is 0 Å². The fraction of sp³-hybridized carbons (Fsp3) is 0.250. The Balaban J connectivity index is 2.25. The van der Waals surface area contributed by atoms with Gasteiger partial charge in [-0.2, -0.15) is 0 Å². The van der Waals surface area contributed by atoms with Gasteiger partial charge in [-0.25, -0.2) is 8.42 Å². The molecule has 0 N–H and O–H groups in total. The largest absolute Gasteiger partial charge is 0.335 e. The van der Waals surface area contributed by atoms with E-state index in [4.69, 9.17) is 0 Å². The van der Waals surface area contributed by atoms with Crippen LogP contribution in [-0.4, -0.2) is 39.4 Å². The van der Waals surface area contributed by atoms with Crippen molar-refractivity contribution < 1.29 is 13.2 Å². The molecule has 6 heteroatoms. The summed E-state index contributed by atoms with van der Waals surface area (Å²) in [6, 6.07) is 14.9. The molecule has 0 unspecified atom stereocenters. The monoisotopic (exact) mass is 372 g/mol. The molecule has 2 aromatic carbocycles. The number of amides is 1. The van der Waals surface area contributed by atoms with Gasteiger partial charge in [-0.1, -0.05) is 30.4 Å². The van der Waals surface area contributed by atoms with Crippen LogP contribution >= 0.6 is 0 Å². The van der Waals surface area contributed by atoms with E-state index < -0.39 is 10.0 Å². The maximum absolute atomic E-state index is 12.8. The Morgan fingerprint density at radius 3 is 2.12 bits per heavy atom. The number of carbonyl (C=O) groups is 1. The number of hydrogen-bond acceptors (Lipinski definition) is 3. The van der Waals surface area contributed by atoms with Gasteiger partial charge in [0.15, 0.2) is 0 Å². The van der Waals surface area contributed by atoms with Gasteiger partial charge in [-0.3, -0.25) is 9.10 Å². The number of anilines is 1. The first kappa shape index (κ1) is 19.7. The molecule has 0 heterocycles. The maximum Gasteiger partial charge on any atom is 0.264 e. The van der Waals surface area contributed by atoms with Crippen molar-refractivity contribution in [2.45, 2.75) is 18.7 Å². The SMILES string of the molecule is C=C(C)CN(CC)C(=O)c1ccc(S(=O)(=O)N(C)c2ccccc2)cc1. The standard InChI is InChI=1S/C20H24N2O3S/c1-5-22(15-16(2)3)20(23)17-11-13-19(14-12-17)26(24,25)21(4)18-9-7-6-8-10-18/h6-14H,2,5,15H2,1,3-4H3. The van der Waals surface area contributed by atoms with Crippen molar-refractivity contribution in [1.29, 1.82) is 0 Å². The summed E-state index contributed by atoms with van der Waals surface area (Å²) in [5.41, 5.74) is 1.92. The average molecular weight is 372 g/mol. The lowest BCUT2D eigenvalue weighted by molar-refractivity contribution is 0.0778. The number of benzene rings is 2. The summed E-state index contributed by atoms with van der Waals surface area (Å²) in [4.78, 5) is 14.4. The van der Waals surface area contributed by atoms with E-state index >= 15 is 0 Å². The summed E-state index contributed by atoms with van der Waals surface area (Å²) in [6.45, 7) is 8.63. The Morgan fingerprint density at radius 2 is 1.62 bits per heavy atom. The van der Waals surface area contributed by atoms with E-state index in [9.17, 15) is 13.2 Å². The van der Waals surface area contributed by atoms with E-state index in [0.29, 0.717) is 24.3 Å². The second kappa shape index (κ2) is 8.19. The van der Waals surface area contributed by atoms with Crippen LogP contribution in [0.25, 0.3) is 0 Å². The molecule has 0 radical (unpaired) electrons. The molecule has 0 aliphatic carbocycles. The van der Waals surface area contributed by atoms with Gasteiger partial charge in [0.05, 0.1) is 10.6 Å². The molecule has 0 aromatic heterocycles. The number of hydrogen-bond donors (Lipinski definition) is 0. The first-order valence-corrected chi connectivity index (χ1v) is 9.79. The normalized spacial score (nSPS) is 11.0. The van der Waals surface area contributed by atoms with Crippen LogP contribution in [0.5, 0.6) is 0 Å². The van der Waals surface area contributed by atoms with Crippen LogP contribution in [0.2, 0.25) is 0 Å². The molecule has 2 rings (SSSR count). The van der Waals surface area contributed by atoms with Crippen molar-refractivity contribution in [2.75, 3.05) is 24.4 Å². The summed E-state index contributed by atoms with van der Waals surface area (Å²) in [5.74, 6) is -0.143. The van der Waals surface area contributed by atoms with Gasteiger partial charge >= 0.3 is 0 Å². The van der Waals surface area contributed by atoms with Crippen LogP contribution in [0, 0.1) is 0 Å². The fourth-order valence-electron chi connectivity index (χ4n) is 2.54. The molecule has 5 nitrogen and oxygen atoms in total. The third kappa shape index (κ3) is 4.32. The Labute approximate surface area is 155 Å². The minimum atomic E-state index is -3.68. The van der Waals surface area contributed by atoms with Crippen molar-refractivity contribution in [3.8, 4) is 0 Å². The van der Waals surface area contributed by atoms with Crippen molar-refractivity contribution in [3.63, 3.8) is 0 Å². The van der Waals surface area contributed by atoms with E-state index in [0.717, 1.165) is 5.57 Å². The van der Waals surface area contributed by atoms with Crippen molar-refractivity contribution in [2.24, 2.45) is 0 Å². The Morgan fingerprint density at radius 1 is 1.04 bits per heavy atom. The topological polar surface area (TPSA) is 57.7 Å². The zero-order valence-corrected chi connectivity index (χ0v) is 16.2. The fourth-order valence-corrected chi connectivity index (χ4v) is 3.74. The highest BCUT2D eigenvalue weighted by Crippen LogP contribution is 2.22. The molecule has 0 bridgehead atoms. The molecule has 2 aromatic rings. The number of rotatable bonds is 7. The van der Waals surface area contributed by atoms with Crippen molar-refractivity contribution in [3.05, 3.63) is 72.3 Å². The quantitative estimate of drug-likeness (QED) is 0.699. The number of likely N-dealkylation sites (N-methyl/N-ethyl adjacent to an activating group) is 1. The average Bonchev–Trinajstić information content (AvgIpc) is 2.65. The van der Waals surface area contributed by atoms with E-state index in [2.05, 4.69) is 6.58 Å². The van der Waals surface area contributed by atoms with Gasteiger partial charge in [0.25, 0.3) is 15.9 Å². The number of para-hydroxylation sites is 1. The second-order valence-corrected chi connectivity index (χ2v) is 8.08. The van der Waals surface area contributed by atoms with Gasteiger partial charge in [-0.05, 0) is 50.2 Å². The van der Waals surface area contributed by atoms with E-state index in [1.54, 1.807) is 41.3 Å². The second-order valence-electron chi connectivity index (χ2n) is 6.11. The molecule has 0 aliphatic heterocycles. The molecule has 0 fully saturated rings. The van der Waals surface area contributed by atoms with Gasteiger partial charge in [-0.15, -0.1) is 0 Å². The van der Waals surface area contributed by atoms with Crippen molar-refractivity contribution in [1.82, 2.24) is 4.90 Å². The van der Waals surface area contributed by atoms with Crippen LogP contribution in [0.3, 0.4) is 0 Å². The molecule has 0 spiro atoms. The van der Waals surface area contributed by atoms with E-state index in [1.165, 1.54) is 23.5 Å². The van der Waals surface area contributed by atoms with Crippen LogP contribution in [0.1, 0.15) is 24.2 Å². The number of nitrogens with zero attached hydrogens (tertiary/aromatic N) is 2. The summed E-state index contributed by atoms with van der Waals surface area (Å²) >= 11 is 0.